The van der Waals surface area contributed by atoms with E-state index in [0.29, 0.717) is 10.8 Å². The molecule has 0 spiro atoms. The fourth-order valence-corrected chi connectivity index (χ4v) is 2.14. The summed E-state index contributed by atoms with van der Waals surface area (Å²) in [5, 5.41) is 10.9. The van der Waals surface area contributed by atoms with E-state index in [1.807, 2.05) is 36.4 Å². The predicted octanol–water partition coefficient (Wildman–Crippen LogP) is 3.30. The molecule has 0 amide bonds. The van der Waals surface area contributed by atoms with E-state index in [4.69, 9.17) is 11.6 Å². The zero-order valence-corrected chi connectivity index (χ0v) is 10.2. The molecule has 0 aliphatic carbocycles. The largest absolute Gasteiger partial charge is 0.380 e. The van der Waals surface area contributed by atoms with E-state index >= 15 is 0 Å². The highest BCUT2D eigenvalue weighted by atomic mass is 35.5. The standard InChI is InChI=1S/C14H11ClN2O/c15-10-5-3-4-9(8-10)13(18)14-16-11-6-1-2-7-12(11)17-14/h1-8,13,18H,(H,16,17)/t13-/m0/s1. The van der Waals surface area contributed by atoms with Crippen molar-refractivity contribution in [2.45, 2.75) is 6.10 Å². The van der Waals surface area contributed by atoms with Gasteiger partial charge in [0.15, 0.2) is 0 Å². The first-order chi connectivity index (χ1) is 8.74. The molecule has 1 atom stereocenters. The van der Waals surface area contributed by atoms with Crippen LogP contribution >= 0.6 is 11.6 Å². The highest BCUT2D eigenvalue weighted by Gasteiger charge is 2.14. The molecular weight excluding hydrogens is 248 g/mol. The number of hydrogen-bond donors (Lipinski definition) is 2. The van der Waals surface area contributed by atoms with Gasteiger partial charge in [-0.05, 0) is 29.8 Å². The Bertz CT molecular complexity index is 660. The number of aromatic amines is 1. The Morgan fingerprint density at radius 2 is 1.94 bits per heavy atom. The number of aliphatic hydroxyl groups excluding tert-OH is 1. The normalized spacial score (nSPS) is 12.8. The molecule has 0 saturated heterocycles. The number of para-hydroxylation sites is 2. The van der Waals surface area contributed by atoms with E-state index in [0.717, 1.165) is 16.6 Å². The van der Waals surface area contributed by atoms with Gasteiger partial charge in [-0.15, -0.1) is 0 Å². The summed E-state index contributed by atoms with van der Waals surface area (Å²) >= 11 is 5.91. The van der Waals surface area contributed by atoms with Crippen molar-refractivity contribution in [1.29, 1.82) is 0 Å². The minimum Gasteiger partial charge on any atom is -0.380 e. The molecule has 3 nitrogen and oxygen atoms in total. The van der Waals surface area contributed by atoms with Crippen LogP contribution in [-0.2, 0) is 0 Å². The molecular formula is C14H11ClN2O. The summed E-state index contributed by atoms with van der Waals surface area (Å²) in [6.07, 6.45) is -0.795. The summed E-state index contributed by atoms with van der Waals surface area (Å²) in [6, 6.07) is 14.8. The van der Waals surface area contributed by atoms with Crippen molar-refractivity contribution in [3.8, 4) is 0 Å². The summed E-state index contributed by atoms with van der Waals surface area (Å²) < 4.78 is 0. The van der Waals surface area contributed by atoms with Crippen LogP contribution in [0.4, 0.5) is 0 Å². The molecule has 3 aromatic rings. The third-order valence-electron chi connectivity index (χ3n) is 2.83. The van der Waals surface area contributed by atoms with Gasteiger partial charge in [0.25, 0.3) is 0 Å². The highest BCUT2D eigenvalue weighted by Crippen LogP contribution is 2.24. The summed E-state index contributed by atoms with van der Waals surface area (Å²) in [4.78, 5) is 7.48. The quantitative estimate of drug-likeness (QED) is 0.741. The molecule has 1 heterocycles. The molecule has 3 rings (SSSR count). The maximum Gasteiger partial charge on any atom is 0.140 e. The van der Waals surface area contributed by atoms with Gasteiger partial charge in [-0.1, -0.05) is 35.9 Å². The van der Waals surface area contributed by atoms with Crippen LogP contribution < -0.4 is 0 Å². The number of fused-ring (bicyclic) bond motifs is 1. The third kappa shape index (κ3) is 1.98. The van der Waals surface area contributed by atoms with Gasteiger partial charge < -0.3 is 10.1 Å². The highest BCUT2D eigenvalue weighted by molar-refractivity contribution is 6.30. The van der Waals surface area contributed by atoms with Crippen molar-refractivity contribution < 1.29 is 5.11 Å². The number of nitrogens with one attached hydrogen (secondary N) is 1. The molecule has 2 N–H and O–H groups in total. The first-order valence-electron chi connectivity index (χ1n) is 5.62. The molecule has 0 aliphatic heterocycles. The molecule has 1 aromatic heterocycles. The summed E-state index contributed by atoms with van der Waals surface area (Å²) in [5.74, 6) is 0.526. The molecule has 2 aromatic carbocycles. The lowest BCUT2D eigenvalue weighted by molar-refractivity contribution is 0.211. The van der Waals surface area contributed by atoms with Gasteiger partial charge in [-0.2, -0.15) is 0 Å². The van der Waals surface area contributed by atoms with E-state index in [1.54, 1.807) is 12.1 Å². The van der Waals surface area contributed by atoms with Crippen LogP contribution in [0.2, 0.25) is 5.02 Å². The van der Waals surface area contributed by atoms with Gasteiger partial charge in [-0.3, -0.25) is 0 Å². The van der Waals surface area contributed by atoms with Crippen molar-refractivity contribution in [3.05, 3.63) is 64.9 Å². The van der Waals surface area contributed by atoms with Crippen LogP contribution in [0.5, 0.6) is 0 Å². The fourth-order valence-electron chi connectivity index (χ4n) is 1.94. The number of nitrogens with zero attached hydrogens (tertiary/aromatic N) is 1. The summed E-state index contributed by atoms with van der Waals surface area (Å²) in [7, 11) is 0. The number of aliphatic hydroxyl groups is 1. The van der Waals surface area contributed by atoms with Gasteiger partial charge in [0, 0.05) is 5.02 Å². The molecule has 4 heteroatoms. The predicted molar refractivity (Wildman–Crippen MR) is 71.6 cm³/mol. The SMILES string of the molecule is O[C@@H](c1cccc(Cl)c1)c1nc2ccccc2[nH]1. The van der Waals surface area contributed by atoms with Gasteiger partial charge in [-0.25, -0.2) is 4.98 Å². The fraction of sp³-hybridized carbons (Fsp3) is 0.0714. The first kappa shape index (κ1) is 11.3. The topological polar surface area (TPSA) is 48.9 Å². The van der Waals surface area contributed by atoms with Crippen molar-refractivity contribution in [2.75, 3.05) is 0 Å². The summed E-state index contributed by atoms with van der Waals surface area (Å²) in [6.45, 7) is 0. The average molecular weight is 259 g/mol. The molecule has 18 heavy (non-hydrogen) atoms. The van der Waals surface area contributed by atoms with Crippen molar-refractivity contribution in [1.82, 2.24) is 9.97 Å². The molecule has 0 aliphatic rings. The number of benzene rings is 2. The maximum atomic E-state index is 10.3. The second-order valence-corrected chi connectivity index (χ2v) is 4.53. The first-order valence-corrected chi connectivity index (χ1v) is 6.00. The van der Waals surface area contributed by atoms with Gasteiger partial charge in [0.2, 0.25) is 0 Å². The van der Waals surface area contributed by atoms with Gasteiger partial charge in [0.1, 0.15) is 11.9 Å². The monoisotopic (exact) mass is 258 g/mol. The third-order valence-corrected chi connectivity index (χ3v) is 3.07. The smallest absolute Gasteiger partial charge is 0.140 e. The van der Waals surface area contributed by atoms with Crippen LogP contribution in [0, 0.1) is 0 Å². The van der Waals surface area contributed by atoms with Crippen LogP contribution in [0.3, 0.4) is 0 Å². The Morgan fingerprint density at radius 3 is 2.72 bits per heavy atom. The molecule has 90 valence electrons. The van der Waals surface area contributed by atoms with Crippen LogP contribution in [0.1, 0.15) is 17.5 Å². The molecule has 0 bridgehead atoms. The Kier molecular flexibility index (Phi) is 2.78. The van der Waals surface area contributed by atoms with E-state index in [-0.39, 0.29) is 0 Å². The van der Waals surface area contributed by atoms with Gasteiger partial charge in [0.05, 0.1) is 11.0 Å². The number of hydrogen-bond acceptors (Lipinski definition) is 2. The Morgan fingerprint density at radius 1 is 1.11 bits per heavy atom. The van der Waals surface area contributed by atoms with Crippen molar-refractivity contribution in [2.24, 2.45) is 0 Å². The van der Waals surface area contributed by atoms with Crippen LogP contribution in [0.15, 0.2) is 48.5 Å². The maximum absolute atomic E-state index is 10.3. The number of imidazole rings is 1. The lowest BCUT2D eigenvalue weighted by Gasteiger charge is -2.07. The summed E-state index contributed by atoms with van der Waals surface area (Å²) in [5.41, 5.74) is 2.48. The minimum absolute atomic E-state index is 0.526. The molecule has 0 saturated carbocycles. The zero-order valence-electron chi connectivity index (χ0n) is 9.47. The number of H-pyrrole nitrogens is 1. The Balaban J connectivity index is 2.03. The number of aromatic nitrogens is 2. The van der Waals surface area contributed by atoms with Crippen molar-refractivity contribution in [3.63, 3.8) is 0 Å². The van der Waals surface area contributed by atoms with Crippen LogP contribution in [-0.4, -0.2) is 15.1 Å². The lowest BCUT2D eigenvalue weighted by Crippen LogP contribution is -2.01. The minimum atomic E-state index is -0.795. The zero-order chi connectivity index (χ0) is 12.5. The Hall–Kier alpha value is -1.84. The number of rotatable bonds is 2. The molecule has 0 fully saturated rings. The second-order valence-electron chi connectivity index (χ2n) is 4.10. The molecule has 0 unspecified atom stereocenters. The van der Waals surface area contributed by atoms with E-state index in [1.165, 1.54) is 0 Å². The lowest BCUT2D eigenvalue weighted by atomic mass is 10.1. The van der Waals surface area contributed by atoms with Gasteiger partial charge >= 0.3 is 0 Å². The van der Waals surface area contributed by atoms with E-state index in [9.17, 15) is 5.11 Å². The van der Waals surface area contributed by atoms with Crippen molar-refractivity contribution >= 4 is 22.6 Å². The van der Waals surface area contributed by atoms with E-state index < -0.39 is 6.10 Å². The van der Waals surface area contributed by atoms with Crippen LogP contribution in [0.25, 0.3) is 11.0 Å². The second kappa shape index (κ2) is 4.44. The Labute approximate surface area is 109 Å². The number of halogens is 1. The average Bonchev–Trinajstić information content (AvgIpc) is 2.81. The van der Waals surface area contributed by atoms with E-state index in [2.05, 4.69) is 9.97 Å². The molecule has 0 radical (unpaired) electrons.